The number of aromatic nitrogens is 1. The van der Waals surface area contributed by atoms with Gasteiger partial charge in [-0.3, -0.25) is 0 Å². The van der Waals surface area contributed by atoms with Crippen LogP contribution in [0.3, 0.4) is 0 Å². The fourth-order valence-corrected chi connectivity index (χ4v) is 1.14. The van der Waals surface area contributed by atoms with E-state index in [1.54, 1.807) is 29.5 Å². The number of nitrogens with zero attached hydrogens (tertiary/aromatic N) is 1. The van der Waals surface area contributed by atoms with Crippen LogP contribution < -0.4 is 0 Å². The van der Waals surface area contributed by atoms with Crippen molar-refractivity contribution in [2.24, 2.45) is 0 Å². The van der Waals surface area contributed by atoms with E-state index in [4.69, 9.17) is 0 Å². The lowest BCUT2D eigenvalue weighted by Crippen LogP contribution is -1.99. The zero-order valence-electron chi connectivity index (χ0n) is 6.11. The first-order valence-corrected chi connectivity index (χ1v) is 4.21. The molecule has 0 saturated heterocycles. The van der Waals surface area contributed by atoms with Gasteiger partial charge >= 0.3 is 0 Å². The topological polar surface area (TPSA) is 12.9 Å². The molecule has 0 atom stereocenters. The first-order chi connectivity index (χ1) is 5.52. The van der Waals surface area contributed by atoms with Gasteiger partial charge in [-0.25, -0.2) is 18.2 Å². The molecule has 0 fully saturated rings. The molecule has 0 N–H and O–H groups in total. The first-order valence-electron chi connectivity index (χ1n) is 3.13. The van der Waals surface area contributed by atoms with Gasteiger partial charge in [0.2, 0.25) is 0 Å². The smallest absolute Gasteiger partial charge is 0.237 e. The summed E-state index contributed by atoms with van der Waals surface area (Å²) in [7, 11) is 0. The van der Waals surface area contributed by atoms with E-state index < -0.39 is 17.9 Å². The average Bonchev–Trinajstić information content (AvgIpc) is 1.96. The standard InChI is InChI=1S/C7H5F3IN/c1-3-2-4(8)5(6(9)10)12-7(3)11/h2,6H,1H3. The van der Waals surface area contributed by atoms with E-state index in [1.807, 2.05) is 0 Å². The average molecular weight is 287 g/mol. The Kier molecular flexibility index (Phi) is 2.92. The molecule has 0 unspecified atom stereocenters. The molecule has 66 valence electrons. The largest absolute Gasteiger partial charge is 0.283 e. The third kappa shape index (κ3) is 1.88. The van der Waals surface area contributed by atoms with Crippen molar-refractivity contribution in [1.29, 1.82) is 0 Å². The maximum absolute atomic E-state index is 12.7. The van der Waals surface area contributed by atoms with Crippen LogP contribution in [0, 0.1) is 16.4 Å². The van der Waals surface area contributed by atoms with Crippen LogP contribution >= 0.6 is 22.6 Å². The molecule has 1 heterocycles. The lowest BCUT2D eigenvalue weighted by Gasteiger charge is -2.03. The van der Waals surface area contributed by atoms with E-state index in [2.05, 4.69) is 4.98 Å². The molecule has 0 saturated carbocycles. The van der Waals surface area contributed by atoms with Gasteiger partial charge in [-0.05, 0) is 41.1 Å². The van der Waals surface area contributed by atoms with Crippen molar-refractivity contribution in [3.8, 4) is 0 Å². The summed E-state index contributed by atoms with van der Waals surface area (Å²) in [4.78, 5) is 3.43. The SMILES string of the molecule is Cc1cc(F)c(C(F)F)nc1I. The Hall–Kier alpha value is -0.330. The van der Waals surface area contributed by atoms with E-state index in [0.29, 0.717) is 9.26 Å². The molecular weight excluding hydrogens is 282 g/mol. The summed E-state index contributed by atoms with van der Waals surface area (Å²) in [6.45, 7) is 1.62. The maximum Gasteiger partial charge on any atom is 0.283 e. The molecule has 1 rings (SSSR count). The number of hydrogen-bond acceptors (Lipinski definition) is 1. The summed E-state index contributed by atoms with van der Waals surface area (Å²) < 4.78 is 37.2. The van der Waals surface area contributed by atoms with Crippen LogP contribution in [0.2, 0.25) is 0 Å². The molecule has 5 heteroatoms. The maximum atomic E-state index is 12.7. The fraction of sp³-hybridized carbons (Fsp3) is 0.286. The molecule has 1 aromatic rings. The minimum absolute atomic E-state index is 0.407. The van der Waals surface area contributed by atoms with Gasteiger partial charge in [-0.2, -0.15) is 0 Å². The highest BCUT2D eigenvalue weighted by Crippen LogP contribution is 2.22. The molecular formula is C7H5F3IN. The van der Waals surface area contributed by atoms with Crippen LogP contribution in [0.5, 0.6) is 0 Å². The molecule has 0 aliphatic heterocycles. The fourth-order valence-electron chi connectivity index (χ4n) is 0.724. The van der Waals surface area contributed by atoms with Crippen LogP contribution in [-0.4, -0.2) is 4.98 Å². The van der Waals surface area contributed by atoms with Crippen LogP contribution in [0.1, 0.15) is 17.7 Å². The minimum atomic E-state index is -2.85. The normalized spacial score (nSPS) is 10.8. The van der Waals surface area contributed by atoms with Crippen molar-refractivity contribution < 1.29 is 13.2 Å². The number of pyridine rings is 1. The lowest BCUT2D eigenvalue weighted by atomic mass is 10.2. The number of halogens is 4. The Bertz CT molecular complexity index is 301. The number of rotatable bonds is 1. The van der Waals surface area contributed by atoms with Crippen molar-refractivity contribution in [2.45, 2.75) is 13.3 Å². The van der Waals surface area contributed by atoms with E-state index in [9.17, 15) is 13.2 Å². The van der Waals surface area contributed by atoms with Gasteiger partial charge in [-0.15, -0.1) is 0 Å². The highest BCUT2D eigenvalue weighted by molar-refractivity contribution is 14.1. The van der Waals surface area contributed by atoms with E-state index in [-0.39, 0.29) is 0 Å². The Labute approximate surface area is 81.1 Å². The zero-order chi connectivity index (χ0) is 9.30. The monoisotopic (exact) mass is 287 g/mol. The summed E-state index contributed by atoms with van der Waals surface area (Å²) in [6.07, 6.45) is -2.85. The second-order valence-corrected chi connectivity index (χ2v) is 3.29. The highest BCUT2D eigenvalue weighted by Gasteiger charge is 2.16. The van der Waals surface area contributed by atoms with Crippen LogP contribution in [0.15, 0.2) is 6.07 Å². The van der Waals surface area contributed by atoms with Crippen molar-refractivity contribution >= 4 is 22.6 Å². The minimum Gasteiger partial charge on any atom is -0.237 e. The summed E-state index contributed by atoms with van der Waals surface area (Å²) in [5.74, 6) is -0.942. The molecule has 12 heavy (non-hydrogen) atoms. The predicted molar refractivity (Wildman–Crippen MR) is 46.6 cm³/mol. The number of aryl methyl sites for hydroxylation is 1. The summed E-state index contributed by atoms with van der Waals surface area (Å²) in [5, 5.41) is 0. The zero-order valence-corrected chi connectivity index (χ0v) is 8.27. The van der Waals surface area contributed by atoms with Crippen molar-refractivity contribution in [2.75, 3.05) is 0 Å². The first kappa shape index (κ1) is 9.76. The van der Waals surface area contributed by atoms with E-state index >= 15 is 0 Å². The molecule has 1 aromatic heterocycles. The van der Waals surface area contributed by atoms with E-state index in [1.165, 1.54) is 0 Å². The van der Waals surface area contributed by atoms with Gasteiger partial charge in [0.15, 0.2) is 5.82 Å². The van der Waals surface area contributed by atoms with Crippen LogP contribution in [-0.2, 0) is 0 Å². The van der Waals surface area contributed by atoms with Gasteiger partial charge in [0.25, 0.3) is 6.43 Å². The summed E-state index contributed by atoms with van der Waals surface area (Å²) >= 11 is 1.79. The Morgan fingerprint density at radius 2 is 2.08 bits per heavy atom. The molecule has 0 amide bonds. The number of alkyl halides is 2. The lowest BCUT2D eigenvalue weighted by molar-refractivity contribution is 0.140. The van der Waals surface area contributed by atoms with Gasteiger partial charge in [-0.1, -0.05) is 0 Å². The third-order valence-electron chi connectivity index (χ3n) is 1.34. The van der Waals surface area contributed by atoms with E-state index in [0.717, 1.165) is 6.07 Å². The van der Waals surface area contributed by atoms with Gasteiger partial charge in [0, 0.05) is 0 Å². The molecule has 0 bridgehead atoms. The second kappa shape index (κ2) is 3.59. The number of hydrogen-bond donors (Lipinski definition) is 0. The Morgan fingerprint density at radius 3 is 2.58 bits per heavy atom. The third-order valence-corrected chi connectivity index (χ3v) is 2.43. The molecule has 0 radical (unpaired) electrons. The van der Waals surface area contributed by atoms with Crippen molar-refractivity contribution in [3.63, 3.8) is 0 Å². The van der Waals surface area contributed by atoms with Crippen LogP contribution in [0.25, 0.3) is 0 Å². The molecule has 0 aromatic carbocycles. The van der Waals surface area contributed by atoms with Gasteiger partial charge in [0.05, 0.1) is 0 Å². The molecule has 0 aliphatic rings. The van der Waals surface area contributed by atoms with Crippen LogP contribution in [0.4, 0.5) is 13.2 Å². The quantitative estimate of drug-likeness (QED) is 0.571. The van der Waals surface area contributed by atoms with Gasteiger partial charge in [0.1, 0.15) is 9.39 Å². The second-order valence-electron chi connectivity index (χ2n) is 2.26. The summed E-state index contributed by atoms with van der Waals surface area (Å²) in [5.41, 5.74) is -0.206. The molecule has 0 spiro atoms. The predicted octanol–water partition coefficient (Wildman–Crippen LogP) is 3.07. The summed E-state index contributed by atoms with van der Waals surface area (Å²) in [6, 6.07) is 1.07. The Balaban J connectivity index is 3.23. The Morgan fingerprint density at radius 1 is 1.50 bits per heavy atom. The molecule has 0 aliphatic carbocycles. The highest BCUT2D eigenvalue weighted by atomic mass is 127. The molecule has 1 nitrogen and oxygen atoms in total. The van der Waals surface area contributed by atoms with Crippen molar-refractivity contribution in [1.82, 2.24) is 4.98 Å². The van der Waals surface area contributed by atoms with Gasteiger partial charge < -0.3 is 0 Å². The van der Waals surface area contributed by atoms with Crippen molar-refractivity contribution in [3.05, 3.63) is 26.8 Å².